The molecule has 0 aliphatic carbocycles. The number of methoxy groups -OCH3 is 1. The van der Waals surface area contributed by atoms with Crippen molar-refractivity contribution in [1.29, 1.82) is 0 Å². The lowest BCUT2D eigenvalue weighted by molar-refractivity contribution is 0.0602. The van der Waals surface area contributed by atoms with Crippen molar-refractivity contribution in [1.82, 2.24) is 9.13 Å². The summed E-state index contributed by atoms with van der Waals surface area (Å²) in [4.78, 5) is 23.9. The molecule has 0 saturated heterocycles. The summed E-state index contributed by atoms with van der Waals surface area (Å²) in [6.45, 7) is 2.02. The van der Waals surface area contributed by atoms with Gasteiger partial charge in [-0.05, 0) is 12.0 Å². The normalized spacial score (nSPS) is 10.9. The third-order valence-electron chi connectivity index (χ3n) is 3.16. The van der Waals surface area contributed by atoms with Crippen LogP contribution in [0.15, 0.2) is 17.2 Å². The van der Waals surface area contributed by atoms with Crippen LogP contribution in [-0.4, -0.2) is 22.2 Å². The zero-order chi connectivity index (χ0) is 13.4. The highest BCUT2D eigenvalue weighted by Crippen LogP contribution is 2.21. The van der Waals surface area contributed by atoms with E-state index in [2.05, 4.69) is 0 Å². The first-order valence-electron chi connectivity index (χ1n) is 5.77. The molecule has 2 aromatic rings. The molecule has 5 nitrogen and oxygen atoms in total. The number of ether oxygens (including phenoxy) is 1. The Bertz CT molecular complexity index is 680. The second-order valence-corrected chi connectivity index (χ2v) is 4.29. The van der Waals surface area contributed by atoms with Gasteiger partial charge < -0.3 is 13.9 Å². The van der Waals surface area contributed by atoms with Gasteiger partial charge in [0.05, 0.1) is 23.6 Å². The van der Waals surface area contributed by atoms with Crippen molar-refractivity contribution in [2.45, 2.75) is 13.3 Å². The monoisotopic (exact) mass is 248 g/mol. The van der Waals surface area contributed by atoms with Crippen molar-refractivity contribution in [3.63, 3.8) is 0 Å². The zero-order valence-corrected chi connectivity index (χ0v) is 11.0. The van der Waals surface area contributed by atoms with E-state index in [0.29, 0.717) is 10.9 Å². The highest BCUT2D eigenvalue weighted by Gasteiger charge is 2.20. The lowest BCUT2D eigenvalue weighted by Crippen LogP contribution is -2.19. The molecule has 18 heavy (non-hydrogen) atoms. The molecule has 0 spiro atoms. The molecule has 0 fully saturated rings. The van der Waals surface area contributed by atoms with Crippen LogP contribution in [-0.2, 0) is 25.3 Å². The van der Waals surface area contributed by atoms with Gasteiger partial charge in [0.25, 0.3) is 5.56 Å². The number of fused-ring (bicyclic) bond motifs is 1. The SMILES string of the molecule is CCc1cn(C)c(=O)c2c(C(=O)OC)cn(C)c12. The second-order valence-electron chi connectivity index (χ2n) is 4.29. The first-order chi connectivity index (χ1) is 8.51. The number of aryl methyl sites for hydroxylation is 3. The third kappa shape index (κ3) is 1.63. The Kier molecular flexibility index (Phi) is 2.98. The van der Waals surface area contributed by atoms with E-state index in [4.69, 9.17) is 4.74 Å². The molecule has 2 rings (SSSR count). The minimum atomic E-state index is -0.481. The lowest BCUT2D eigenvalue weighted by atomic mass is 10.1. The van der Waals surface area contributed by atoms with E-state index in [1.807, 2.05) is 24.7 Å². The standard InChI is InChI=1S/C13H16N2O3/c1-5-8-6-15(3)12(16)10-9(13(17)18-4)7-14(2)11(8)10/h6-7H,5H2,1-4H3. The Balaban J connectivity index is 2.97. The van der Waals surface area contributed by atoms with Crippen molar-refractivity contribution >= 4 is 16.9 Å². The molecule has 0 radical (unpaired) electrons. The van der Waals surface area contributed by atoms with Crippen LogP contribution < -0.4 is 5.56 Å². The number of pyridine rings is 1. The van der Waals surface area contributed by atoms with Gasteiger partial charge in [-0.15, -0.1) is 0 Å². The molecule has 96 valence electrons. The molecule has 0 bridgehead atoms. The van der Waals surface area contributed by atoms with Crippen LogP contribution >= 0.6 is 0 Å². The Morgan fingerprint density at radius 1 is 1.28 bits per heavy atom. The average Bonchev–Trinajstić information content (AvgIpc) is 2.71. The van der Waals surface area contributed by atoms with Gasteiger partial charge >= 0.3 is 5.97 Å². The van der Waals surface area contributed by atoms with Crippen LogP contribution in [0.1, 0.15) is 22.8 Å². The molecule has 5 heteroatoms. The third-order valence-corrected chi connectivity index (χ3v) is 3.16. The van der Waals surface area contributed by atoms with Crippen LogP contribution in [0.3, 0.4) is 0 Å². The maximum Gasteiger partial charge on any atom is 0.340 e. The molecule has 0 saturated carbocycles. The Morgan fingerprint density at radius 3 is 2.50 bits per heavy atom. The molecule has 0 atom stereocenters. The summed E-state index contributed by atoms with van der Waals surface area (Å²) < 4.78 is 8.04. The summed E-state index contributed by atoms with van der Waals surface area (Å²) in [5.41, 5.74) is 1.99. The minimum Gasteiger partial charge on any atom is -0.465 e. The van der Waals surface area contributed by atoms with Gasteiger partial charge in [0.1, 0.15) is 0 Å². The van der Waals surface area contributed by atoms with Crippen LogP contribution in [0.2, 0.25) is 0 Å². The van der Waals surface area contributed by atoms with Crippen LogP contribution in [0.25, 0.3) is 10.9 Å². The van der Waals surface area contributed by atoms with Gasteiger partial charge in [-0.3, -0.25) is 4.79 Å². The first-order valence-corrected chi connectivity index (χ1v) is 5.77. The summed E-state index contributed by atoms with van der Waals surface area (Å²) in [5.74, 6) is -0.481. The highest BCUT2D eigenvalue weighted by molar-refractivity contribution is 6.04. The van der Waals surface area contributed by atoms with Gasteiger partial charge in [0.2, 0.25) is 0 Å². The average molecular weight is 248 g/mol. The molecule has 2 aromatic heterocycles. The Hall–Kier alpha value is -2.04. The number of nitrogens with zero attached hydrogens (tertiary/aromatic N) is 2. The predicted molar refractivity (Wildman–Crippen MR) is 68.9 cm³/mol. The summed E-state index contributed by atoms with van der Waals surface area (Å²) in [6, 6.07) is 0. The maximum absolute atomic E-state index is 12.2. The molecular formula is C13H16N2O3. The fraction of sp³-hybridized carbons (Fsp3) is 0.385. The molecule has 0 N–H and O–H groups in total. The fourth-order valence-electron chi connectivity index (χ4n) is 2.28. The summed E-state index contributed by atoms with van der Waals surface area (Å²) >= 11 is 0. The van der Waals surface area contributed by atoms with E-state index < -0.39 is 5.97 Å². The van der Waals surface area contributed by atoms with Gasteiger partial charge in [-0.1, -0.05) is 6.92 Å². The number of esters is 1. The van der Waals surface area contributed by atoms with Crippen molar-refractivity contribution < 1.29 is 9.53 Å². The van der Waals surface area contributed by atoms with Crippen LogP contribution in [0, 0.1) is 0 Å². The quantitative estimate of drug-likeness (QED) is 0.751. The number of hydrogen-bond acceptors (Lipinski definition) is 3. The molecule has 2 heterocycles. The van der Waals surface area contributed by atoms with Crippen molar-refractivity contribution in [2.24, 2.45) is 14.1 Å². The van der Waals surface area contributed by atoms with Gasteiger partial charge in [-0.25, -0.2) is 4.79 Å². The fourth-order valence-corrected chi connectivity index (χ4v) is 2.28. The number of carbonyl (C=O) groups is 1. The van der Waals surface area contributed by atoms with Crippen LogP contribution in [0.4, 0.5) is 0 Å². The van der Waals surface area contributed by atoms with E-state index in [-0.39, 0.29) is 5.56 Å². The van der Waals surface area contributed by atoms with E-state index in [1.54, 1.807) is 13.2 Å². The molecule has 0 amide bonds. The van der Waals surface area contributed by atoms with E-state index in [1.165, 1.54) is 11.7 Å². The Morgan fingerprint density at radius 2 is 1.94 bits per heavy atom. The molecule has 0 aliphatic heterocycles. The largest absolute Gasteiger partial charge is 0.465 e. The van der Waals surface area contributed by atoms with Crippen molar-refractivity contribution in [3.8, 4) is 0 Å². The predicted octanol–water partition coefficient (Wildman–Crippen LogP) is 1.23. The molecule has 0 aliphatic rings. The molecule has 0 unspecified atom stereocenters. The van der Waals surface area contributed by atoms with E-state index in [0.717, 1.165) is 17.5 Å². The number of rotatable bonds is 2. The van der Waals surface area contributed by atoms with Crippen molar-refractivity contribution in [2.75, 3.05) is 7.11 Å². The summed E-state index contributed by atoms with van der Waals surface area (Å²) in [6.07, 6.45) is 4.26. The van der Waals surface area contributed by atoms with E-state index >= 15 is 0 Å². The Labute approximate surface area is 105 Å². The van der Waals surface area contributed by atoms with Crippen LogP contribution in [0.5, 0.6) is 0 Å². The van der Waals surface area contributed by atoms with E-state index in [9.17, 15) is 9.59 Å². The minimum absolute atomic E-state index is 0.178. The topological polar surface area (TPSA) is 53.2 Å². The second kappa shape index (κ2) is 4.33. The number of hydrogen-bond donors (Lipinski definition) is 0. The zero-order valence-electron chi connectivity index (χ0n) is 11.0. The maximum atomic E-state index is 12.2. The highest BCUT2D eigenvalue weighted by atomic mass is 16.5. The summed E-state index contributed by atoms with van der Waals surface area (Å²) in [5, 5.41) is 0.436. The van der Waals surface area contributed by atoms with Gasteiger partial charge in [0, 0.05) is 26.5 Å². The smallest absolute Gasteiger partial charge is 0.340 e. The number of carbonyl (C=O) groups excluding carboxylic acids is 1. The number of aromatic nitrogens is 2. The lowest BCUT2D eigenvalue weighted by Gasteiger charge is -2.06. The van der Waals surface area contributed by atoms with Crippen molar-refractivity contribution in [3.05, 3.63) is 33.9 Å². The van der Waals surface area contributed by atoms with Gasteiger partial charge in [0.15, 0.2) is 0 Å². The molecular weight excluding hydrogens is 232 g/mol. The molecule has 0 aromatic carbocycles. The van der Waals surface area contributed by atoms with Gasteiger partial charge in [-0.2, -0.15) is 0 Å². The first kappa shape index (κ1) is 12.4. The summed E-state index contributed by atoms with van der Waals surface area (Å²) in [7, 11) is 4.83.